The van der Waals surface area contributed by atoms with Crippen molar-refractivity contribution in [2.24, 2.45) is 0 Å². The molecule has 2 aromatic rings. The van der Waals surface area contributed by atoms with Crippen LogP contribution in [0.4, 0.5) is 0 Å². The average Bonchev–Trinajstić information content (AvgIpc) is 2.68. The minimum atomic E-state index is 0. The van der Waals surface area contributed by atoms with Crippen LogP contribution in [0.15, 0.2) is 54.6 Å². The summed E-state index contributed by atoms with van der Waals surface area (Å²) in [4.78, 5) is 2.47. The van der Waals surface area contributed by atoms with E-state index in [-0.39, 0.29) is 24.8 Å². The Morgan fingerprint density at radius 1 is 0.926 bits per heavy atom. The van der Waals surface area contributed by atoms with E-state index in [4.69, 9.17) is 9.47 Å². The van der Waals surface area contributed by atoms with Gasteiger partial charge in [-0.05, 0) is 31.1 Å². The standard InChI is InChI=1S/C21H28N2O2.2ClH/c1-2-7-19(8-3-1)18-25-21-10-5-4-9-20(21)17-22-11-6-12-23-13-15-24-16-14-23;;/h1-5,7-10,22H,6,11-18H2;2*1H. The van der Waals surface area contributed by atoms with Gasteiger partial charge in [0.05, 0.1) is 13.2 Å². The van der Waals surface area contributed by atoms with Crippen LogP contribution in [0.1, 0.15) is 17.5 Å². The van der Waals surface area contributed by atoms with Gasteiger partial charge in [-0.1, -0.05) is 48.5 Å². The Balaban J connectivity index is 0.00000182. The Kier molecular flexibility index (Phi) is 12.1. The summed E-state index contributed by atoms with van der Waals surface area (Å²) in [6, 6.07) is 18.6. The van der Waals surface area contributed by atoms with E-state index in [0.717, 1.165) is 58.1 Å². The van der Waals surface area contributed by atoms with Gasteiger partial charge in [0, 0.05) is 25.2 Å². The summed E-state index contributed by atoms with van der Waals surface area (Å²) in [5.74, 6) is 0.965. The smallest absolute Gasteiger partial charge is 0.124 e. The number of halogens is 2. The third-order valence-corrected chi connectivity index (χ3v) is 4.46. The Labute approximate surface area is 175 Å². The van der Waals surface area contributed by atoms with Gasteiger partial charge >= 0.3 is 0 Å². The highest BCUT2D eigenvalue weighted by molar-refractivity contribution is 5.85. The number of hydrogen-bond acceptors (Lipinski definition) is 4. The molecule has 6 heteroatoms. The summed E-state index contributed by atoms with van der Waals surface area (Å²) in [6.45, 7) is 7.49. The number of hydrogen-bond donors (Lipinski definition) is 1. The van der Waals surface area contributed by atoms with Crippen LogP contribution in [0.5, 0.6) is 5.75 Å². The maximum Gasteiger partial charge on any atom is 0.124 e. The molecule has 0 atom stereocenters. The van der Waals surface area contributed by atoms with Gasteiger partial charge in [-0.2, -0.15) is 0 Å². The van der Waals surface area contributed by atoms with Crippen LogP contribution in [0.3, 0.4) is 0 Å². The van der Waals surface area contributed by atoms with E-state index < -0.39 is 0 Å². The van der Waals surface area contributed by atoms with Crippen LogP contribution in [-0.2, 0) is 17.9 Å². The summed E-state index contributed by atoms with van der Waals surface area (Å²) < 4.78 is 11.4. The molecular weight excluding hydrogens is 383 g/mol. The molecule has 0 saturated carbocycles. The SMILES string of the molecule is Cl.Cl.c1ccc(COc2ccccc2CNCCCN2CCOCC2)cc1. The minimum Gasteiger partial charge on any atom is -0.489 e. The molecule has 27 heavy (non-hydrogen) atoms. The van der Waals surface area contributed by atoms with Crippen molar-refractivity contribution in [3.05, 3.63) is 65.7 Å². The fourth-order valence-corrected chi connectivity index (χ4v) is 3.00. The first-order chi connectivity index (χ1) is 12.4. The number of ether oxygens (including phenoxy) is 2. The number of nitrogens with zero attached hydrogens (tertiary/aromatic N) is 1. The van der Waals surface area contributed by atoms with Crippen molar-refractivity contribution in [2.75, 3.05) is 39.4 Å². The largest absolute Gasteiger partial charge is 0.489 e. The summed E-state index contributed by atoms with van der Waals surface area (Å²) >= 11 is 0. The van der Waals surface area contributed by atoms with Crippen LogP contribution in [-0.4, -0.2) is 44.3 Å². The lowest BCUT2D eigenvalue weighted by atomic mass is 10.2. The van der Waals surface area contributed by atoms with Crippen molar-refractivity contribution in [3.8, 4) is 5.75 Å². The highest BCUT2D eigenvalue weighted by Gasteiger charge is 2.09. The Bertz CT molecular complexity index is 623. The number of rotatable bonds is 9. The predicted octanol–water partition coefficient (Wildman–Crippen LogP) is 3.92. The van der Waals surface area contributed by atoms with Crippen LogP contribution >= 0.6 is 24.8 Å². The maximum atomic E-state index is 6.01. The van der Waals surface area contributed by atoms with Gasteiger partial charge in [-0.25, -0.2) is 0 Å². The minimum absolute atomic E-state index is 0. The molecule has 150 valence electrons. The van der Waals surface area contributed by atoms with Crippen LogP contribution in [0.25, 0.3) is 0 Å². The fraction of sp³-hybridized carbons (Fsp3) is 0.429. The van der Waals surface area contributed by atoms with Crippen LogP contribution in [0, 0.1) is 0 Å². The van der Waals surface area contributed by atoms with Crippen molar-refractivity contribution < 1.29 is 9.47 Å². The summed E-state index contributed by atoms with van der Waals surface area (Å²) in [5.41, 5.74) is 2.40. The number of para-hydroxylation sites is 1. The van der Waals surface area contributed by atoms with E-state index in [1.165, 1.54) is 11.1 Å². The first-order valence-electron chi connectivity index (χ1n) is 9.17. The second-order valence-electron chi connectivity index (χ2n) is 6.37. The van der Waals surface area contributed by atoms with Crippen LogP contribution in [0.2, 0.25) is 0 Å². The molecule has 4 nitrogen and oxygen atoms in total. The zero-order chi connectivity index (χ0) is 17.2. The first kappa shape index (κ1) is 23.7. The van der Waals surface area contributed by atoms with Crippen molar-refractivity contribution in [1.82, 2.24) is 10.2 Å². The van der Waals surface area contributed by atoms with Crippen molar-refractivity contribution in [3.63, 3.8) is 0 Å². The molecular formula is C21H30Cl2N2O2. The molecule has 0 radical (unpaired) electrons. The normalized spacial score (nSPS) is 14.1. The van der Waals surface area contributed by atoms with Gasteiger partial charge < -0.3 is 14.8 Å². The lowest BCUT2D eigenvalue weighted by molar-refractivity contribution is 0.0374. The molecule has 1 saturated heterocycles. The summed E-state index contributed by atoms with van der Waals surface area (Å²) in [6.07, 6.45) is 1.16. The second-order valence-corrected chi connectivity index (χ2v) is 6.37. The molecule has 3 rings (SSSR count). The zero-order valence-electron chi connectivity index (χ0n) is 15.6. The van der Waals surface area contributed by atoms with Gasteiger partial charge in [0.25, 0.3) is 0 Å². The molecule has 0 bridgehead atoms. The lowest BCUT2D eigenvalue weighted by Gasteiger charge is -2.26. The molecule has 1 N–H and O–H groups in total. The zero-order valence-corrected chi connectivity index (χ0v) is 17.3. The van der Waals surface area contributed by atoms with E-state index in [0.29, 0.717) is 6.61 Å². The molecule has 1 aliphatic rings. The van der Waals surface area contributed by atoms with Crippen molar-refractivity contribution in [2.45, 2.75) is 19.6 Å². The quantitative estimate of drug-likeness (QED) is 0.632. The number of nitrogens with one attached hydrogen (secondary N) is 1. The molecule has 0 aliphatic carbocycles. The van der Waals surface area contributed by atoms with Gasteiger partial charge in [0.2, 0.25) is 0 Å². The molecule has 0 spiro atoms. The summed E-state index contributed by atoms with van der Waals surface area (Å²) in [5, 5.41) is 3.54. The Morgan fingerprint density at radius 3 is 2.41 bits per heavy atom. The number of benzene rings is 2. The van der Waals surface area contributed by atoms with Crippen LogP contribution < -0.4 is 10.1 Å². The first-order valence-corrected chi connectivity index (χ1v) is 9.17. The molecule has 1 aliphatic heterocycles. The van der Waals surface area contributed by atoms with Gasteiger partial charge in [-0.15, -0.1) is 24.8 Å². The Hall–Kier alpha value is -1.30. The highest BCUT2D eigenvalue weighted by atomic mass is 35.5. The molecule has 0 unspecified atom stereocenters. The van der Waals surface area contributed by atoms with E-state index >= 15 is 0 Å². The van der Waals surface area contributed by atoms with E-state index in [1.807, 2.05) is 30.3 Å². The average molecular weight is 413 g/mol. The topological polar surface area (TPSA) is 33.7 Å². The van der Waals surface area contributed by atoms with E-state index in [1.54, 1.807) is 0 Å². The summed E-state index contributed by atoms with van der Waals surface area (Å²) in [7, 11) is 0. The molecule has 1 fully saturated rings. The second kappa shape index (κ2) is 13.8. The van der Waals surface area contributed by atoms with Crippen molar-refractivity contribution in [1.29, 1.82) is 0 Å². The van der Waals surface area contributed by atoms with Gasteiger partial charge in [0.15, 0.2) is 0 Å². The highest BCUT2D eigenvalue weighted by Crippen LogP contribution is 2.19. The van der Waals surface area contributed by atoms with E-state index in [9.17, 15) is 0 Å². The molecule has 1 heterocycles. The van der Waals surface area contributed by atoms with Gasteiger partial charge in [0.1, 0.15) is 12.4 Å². The Morgan fingerprint density at radius 2 is 1.63 bits per heavy atom. The molecule has 0 aromatic heterocycles. The predicted molar refractivity (Wildman–Crippen MR) is 115 cm³/mol. The van der Waals surface area contributed by atoms with Crippen molar-refractivity contribution >= 4 is 24.8 Å². The van der Waals surface area contributed by atoms with Gasteiger partial charge in [-0.3, -0.25) is 4.90 Å². The maximum absolute atomic E-state index is 6.01. The fourth-order valence-electron chi connectivity index (χ4n) is 3.00. The van der Waals surface area contributed by atoms with E-state index in [2.05, 4.69) is 34.5 Å². The number of morpholine rings is 1. The molecule has 0 amide bonds. The third kappa shape index (κ3) is 8.50. The monoisotopic (exact) mass is 412 g/mol. The molecule has 2 aromatic carbocycles. The lowest BCUT2D eigenvalue weighted by Crippen LogP contribution is -2.37. The third-order valence-electron chi connectivity index (χ3n) is 4.46.